The van der Waals surface area contributed by atoms with Crippen molar-refractivity contribution in [2.24, 2.45) is 0 Å². The number of aromatic nitrogens is 1. The molecule has 1 atom stereocenters. The van der Waals surface area contributed by atoms with Crippen molar-refractivity contribution in [3.63, 3.8) is 0 Å². The fourth-order valence-corrected chi connectivity index (χ4v) is 5.82. The van der Waals surface area contributed by atoms with Gasteiger partial charge in [0.05, 0.1) is 34.4 Å². The topological polar surface area (TPSA) is 107 Å². The van der Waals surface area contributed by atoms with Crippen LogP contribution in [0.25, 0.3) is 10.2 Å². The second-order valence-electron chi connectivity index (χ2n) is 7.38. The molecule has 0 bridgehead atoms. The predicted octanol–water partition coefficient (Wildman–Crippen LogP) is 0.769. The number of nitrogens with one attached hydrogen (secondary N) is 1. The molecule has 2 aliphatic rings. The third-order valence-corrected chi connectivity index (χ3v) is 7.75. The number of carbonyl (C=O) groups is 1. The predicted molar refractivity (Wildman–Crippen MR) is 112 cm³/mol. The highest BCUT2D eigenvalue weighted by molar-refractivity contribution is 7.89. The van der Waals surface area contributed by atoms with Crippen molar-refractivity contribution >= 4 is 37.5 Å². The molecule has 2 saturated heterocycles. The normalized spacial score (nSPS) is 20.1. The molecule has 1 unspecified atom stereocenters. The number of amides is 1. The van der Waals surface area contributed by atoms with Crippen molar-refractivity contribution in [1.29, 1.82) is 0 Å². The van der Waals surface area contributed by atoms with Gasteiger partial charge in [-0.15, -0.1) is 0 Å². The monoisotopic (exact) mass is 455 g/mol. The van der Waals surface area contributed by atoms with Crippen LogP contribution in [-0.4, -0.2) is 69.4 Å². The Morgan fingerprint density at radius 1 is 1.23 bits per heavy atom. The van der Waals surface area contributed by atoms with Crippen LogP contribution in [0.1, 0.15) is 19.3 Å². The van der Waals surface area contributed by atoms with Gasteiger partial charge in [0, 0.05) is 39.2 Å². The maximum atomic E-state index is 12.6. The van der Waals surface area contributed by atoms with Crippen LogP contribution in [0.5, 0.6) is 0 Å². The summed E-state index contributed by atoms with van der Waals surface area (Å²) >= 11 is 0.985. The van der Waals surface area contributed by atoms with Crippen molar-refractivity contribution in [3.05, 3.63) is 27.9 Å². The molecule has 0 saturated carbocycles. The zero-order valence-corrected chi connectivity index (χ0v) is 18.2. The lowest BCUT2D eigenvalue weighted by atomic mass is 10.2. The van der Waals surface area contributed by atoms with Crippen LogP contribution in [0.3, 0.4) is 0 Å². The number of aryl methyl sites for hydroxylation is 1. The minimum absolute atomic E-state index is 0.0120. The number of benzene rings is 1. The first-order valence-corrected chi connectivity index (χ1v) is 12.3. The van der Waals surface area contributed by atoms with Gasteiger partial charge in [-0.05, 0) is 31.0 Å². The molecule has 1 aromatic heterocycles. The summed E-state index contributed by atoms with van der Waals surface area (Å²) in [6.07, 6.45) is 1.90. The van der Waals surface area contributed by atoms with Gasteiger partial charge in [-0.25, -0.2) is 13.1 Å². The third-order valence-electron chi connectivity index (χ3n) is 5.39. The number of rotatable bonds is 7. The lowest BCUT2D eigenvalue weighted by Crippen LogP contribution is -2.41. The Labute approximate surface area is 178 Å². The Morgan fingerprint density at radius 2 is 2.03 bits per heavy atom. The SMILES string of the molecule is O=C(CCn1c(=O)sc2cc(S(=O)(=O)NCC3CCCO3)ccc21)N1CCOCC1. The number of ether oxygens (including phenoxy) is 2. The van der Waals surface area contributed by atoms with Crippen molar-refractivity contribution in [3.8, 4) is 0 Å². The number of hydrogen-bond donors (Lipinski definition) is 1. The zero-order chi connectivity index (χ0) is 21.1. The van der Waals surface area contributed by atoms with Gasteiger partial charge in [0.1, 0.15) is 0 Å². The van der Waals surface area contributed by atoms with Gasteiger partial charge >= 0.3 is 4.87 Å². The molecule has 30 heavy (non-hydrogen) atoms. The van der Waals surface area contributed by atoms with Crippen LogP contribution in [-0.2, 0) is 30.8 Å². The molecule has 1 aromatic carbocycles. The summed E-state index contributed by atoms with van der Waals surface area (Å²) in [4.78, 5) is 26.5. The minimum Gasteiger partial charge on any atom is -0.378 e. The Morgan fingerprint density at radius 3 is 2.77 bits per heavy atom. The molecular weight excluding hydrogens is 430 g/mol. The van der Waals surface area contributed by atoms with Gasteiger partial charge in [-0.2, -0.15) is 0 Å². The van der Waals surface area contributed by atoms with Crippen LogP contribution < -0.4 is 9.60 Å². The van der Waals surface area contributed by atoms with Gasteiger partial charge in [0.15, 0.2) is 0 Å². The molecule has 2 aromatic rings. The molecule has 4 rings (SSSR count). The van der Waals surface area contributed by atoms with Crippen molar-refractivity contribution in [1.82, 2.24) is 14.2 Å². The third kappa shape index (κ3) is 4.75. The highest BCUT2D eigenvalue weighted by atomic mass is 32.2. The summed E-state index contributed by atoms with van der Waals surface area (Å²) in [6.45, 7) is 3.36. The largest absolute Gasteiger partial charge is 0.378 e. The van der Waals surface area contributed by atoms with E-state index in [1.54, 1.807) is 11.0 Å². The first-order chi connectivity index (χ1) is 14.4. The van der Waals surface area contributed by atoms with Gasteiger partial charge < -0.3 is 14.4 Å². The summed E-state index contributed by atoms with van der Waals surface area (Å²) in [5.41, 5.74) is 0.637. The van der Waals surface area contributed by atoms with E-state index in [1.807, 2.05) is 0 Å². The van der Waals surface area contributed by atoms with E-state index in [9.17, 15) is 18.0 Å². The lowest BCUT2D eigenvalue weighted by Gasteiger charge is -2.26. The average molecular weight is 456 g/mol. The summed E-state index contributed by atoms with van der Waals surface area (Å²) < 4.78 is 40.6. The van der Waals surface area contributed by atoms with E-state index in [1.165, 1.54) is 16.7 Å². The average Bonchev–Trinajstić information content (AvgIpc) is 3.38. The smallest absolute Gasteiger partial charge is 0.308 e. The molecule has 0 spiro atoms. The number of sulfonamides is 1. The van der Waals surface area contributed by atoms with Crippen molar-refractivity contribution < 1.29 is 22.7 Å². The van der Waals surface area contributed by atoms with E-state index in [-0.39, 0.29) is 41.3 Å². The standard InChI is InChI=1S/C19H25N3O6S2/c23-18(21-7-10-27-11-8-21)5-6-22-16-4-3-15(12-17(16)29-19(22)24)30(25,26)20-13-14-2-1-9-28-14/h3-4,12,14,20H,1-2,5-11,13H2. The van der Waals surface area contributed by atoms with E-state index < -0.39 is 10.0 Å². The molecule has 2 fully saturated rings. The molecule has 0 aliphatic carbocycles. The maximum Gasteiger partial charge on any atom is 0.308 e. The fourth-order valence-electron chi connectivity index (χ4n) is 3.70. The summed E-state index contributed by atoms with van der Waals surface area (Å²) in [6, 6.07) is 4.64. The molecule has 0 radical (unpaired) electrons. The maximum absolute atomic E-state index is 12.6. The van der Waals surface area contributed by atoms with Gasteiger partial charge in [-0.3, -0.25) is 14.2 Å². The molecule has 3 heterocycles. The summed E-state index contributed by atoms with van der Waals surface area (Å²) in [5, 5.41) is 0. The molecule has 1 N–H and O–H groups in total. The second kappa shape index (κ2) is 9.15. The molecule has 11 heteroatoms. The number of fused-ring (bicyclic) bond motifs is 1. The Balaban J connectivity index is 1.46. The van der Waals surface area contributed by atoms with Gasteiger partial charge in [-0.1, -0.05) is 11.3 Å². The van der Waals surface area contributed by atoms with E-state index in [4.69, 9.17) is 9.47 Å². The second-order valence-corrected chi connectivity index (χ2v) is 10.1. The number of morpholine rings is 1. The Bertz CT molecular complexity index is 1070. The number of hydrogen-bond acceptors (Lipinski definition) is 7. The molecule has 1 amide bonds. The first kappa shape index (κ1) is 21.4. The van der Waals surface area contributed by atoms with Crippen LogP contribution in [0, 0.1) is 0 Å². The Kier molecular flexibility index (Phi) is 6.54. The highest BCUT2D eigenvalue weighted by Crippen LogP contribution is 2.22. The van der Waals surface area contributed by atoms with Crippen LogP contribution >= 0.6 is 11.3 Å². The number of nitrogens with zero attached hydrogens (tertiary/aromatic N) is 2. The molecule has 2 aliphatic heterocycles. The quantitative estimate of drug-likeness (QED) is 0.661. The van der Waals surface area contributed by atoms with E-state index >= 15 is 0 Å². The fraction of sp³-hybridized carbons (Fsp3) is 0.579. The van der Waals surface area contributed by atoms with Crippen molar-refractivity contribution in [2.75, 3.05) is 39.5 Å². The van der Waals surface area contributed by atoms with Crippen LogP contribution in [0.4, 0.5) is 0 Å². The Hall–Kier alpha value is -1.79. The first-order valence-electron chi connectivity index (χ1n) is 10.0. The van der Waals surface area contributed by atoms with Crippen molar-refractivity contribution in [2.45, 2.75) is 36.8 Å². The van der Waals surface area contributed by atoms with E-state index in [2.05, 4.69) is 4.72 Å². The minimum atomic E-state index is -3.69. The summed E-state index contributed by atoms with van der Waals surface area (Å²) in [7, 11) is -3.69. The number of carbonyl (C=O) groups excluding carboxylic acids is 1. The highest BCUT2D eigenvalue weighted by Gasteiger charge is 2.22. The van der Waals surface area contributed by atoms with E-state index in [0.717, 1.165) is 24.2 Å². The number of thiazole rings is 1. The molecule has 9 nitrogen and oxygen atoms in total. The summed E-state index contributed by atoms with van der Waals surface area (Å²) in [5.74, 6) is -0.0120. The molecule has 164 valence electrons. The molecular formula is C19H25N3O6S2. The van der Waals surface area contributed by atoms with Gasteiger partial charge in [0.25, 0.3) is 0 Å². The van der Waals surface area contributed by atoms with Gasteiger partial charge in [0.2, 0.25) is 15.9 Å². The van der Waals surface area contributed by atoms with E-state index in [0.29, 0.717) is 43.1 Å². The zero-order valence-electron chi connectivity index (χ0n) is 16.5. The van der Waals surface area contributed by atoms with Crippen LogP contribution in [0.2, 0.25) is 0 Å². The lowest BCUT2D eigenvalue weighted by molar-refractivity contribution is -0.135. The van der Waals surface area contributed by atoms with Crippen LogP contribution in [0.15, 0.2) is 27.9 Å².